The lowest BCUT2D eigenvalue weighted by Gasteiger charge is -2.33. The fraction of sp³-hybridized carbons (Fsp3) is 0.300. The molecule has 0 saturated heterocycles. The molecule has 2 aromatic rings. The Bertz CT molecular complexity index is 787. The van der Waals surface area contributed by atoms with Gasteiger partial charge in [-0.25, -0.2) is 0 Å². The summed E-state index contributed by atoms with van der Waals surface area (Å²) in [4.78, 5) is 26.3. The number of nitrogens with zero attached hydrogens (tertiary/aromatic N) is 1. The summed E-state index contributed by atoms with van der Waals surface area (Å²) in [5.74, 6) is 0.370. The SMILES string of the molecule is CC(C)C(=O)Nc1ccc2c(c1)N(Cc1ccccc1)C(=O)C(C)O2. The van der Waals surface area contributed by atoms with Crippen LogP contribution in [0.2, 0.25) is 0 Å². The molecule has 1 aliphatic heterocycles. The van der Waals surface area contributed by atoms with Gasteiger partial charge in [0.25, 0.3) is 5.91 Å². The molecule has 0 radical (unpaired) electrons. The molecule has 0 saturated carbocycles. The van der Waals surface area contributed by atoms with E-state index in [2.05, 4.69) is 5.32 Å². The Morgan fingerprint density at radius 1 is 1.20 bits per heavy atom. The van der Waals surface area contributed by atoms with Crippen molar-refractivity contribution in [1.82, 2.24) is 0 Å². The summed E-state index contributed by atoms with van der Waals surface area (Å²) in [6, 6.07) is 15.2. The Kier molecular flexibility index (Phi) is 4.74. The van der Waals surface area contributed by atoms with E-state index >= 15 is 0 Å². The van der Waals surface area contributed by atoms with Crippen LogP contribution in [0.4, 0.5) is 11.4 Å². The molecule has 0 bridgehead atoms. The van der Waals surface area contributed by atoms with Gasteiger partial charge in [0.2, 0.25) is 5.91 Å². The van der Waals surface area contributed by atoms with Gasteiger partial charge in [-0.2, -0.15) is 0 Å². The third-order valence-electron chi connectivity index (χ3n) is 4.14. The summed E-state index contributed by atoms with van der Waals surface area (Å²) in [6.45, 7) is 5.88. The van der Waals surface area contributed by atoms with E-state index in [1.807, 2.05) is 44.2 Å². The largest absolute Gasteiger partial charge is 0.479 e. The summed E-state index contributed by atoms with van der Waals surface area (Å²) in [5.41, 5.74) is 2.36. The Morgan fingerprint density at radius 2 is 1.92 bits per heavy atom. The summed E-state index contributed by atoms with van der Waals surface area (Å²) < 4.78 is 5.72. The van der Waals surface area contributed by atoms with Gasteiger partial charge >= 0.3 is 0 Å². The van der Waals surface area contributed by atoms with Crippen molar-refractivity contribution in [2.45, 2.75) is 33.4 Å². The van der Waals surface area contributed by atoms with Gasteiger partial charge in [-0.15, -0.1) is 0 Å². The van der Waals surface area contributed by atoms with Crippen molar-refractivity contribution >= 4 is 23.2 Å². The Morgan fingerprint density at radius 3 is 2.60 bits per heavy atom. The predicted octanol–water partition coefficient (Wildman–Crippen LogP) is 3.60. The standard InChI is InChI=1S/C20H22N2O3/c1-13(2)19(23)21-16-9-10-18-17(11-16)22(20(24)14(3)25-18)12-15-7-5-4-6-8-15/h4-11,13-14H,12H2,1-3H3,(H,21,23). The number of hydrogen-bond acceptors (Lipinski definition) is 3. The number of ether oxygens (including phenoxy) is 1. The van der Waals surface area contributed by atoms with Gasteiger partial charge in [-0.3, -0.25) is 9.59 Å². The first-order chi connectivity index (χ1) is 12.0. The average molecular weight is 338 g/mol. The van der Waals surface area contributed by atoms with Crippen LogP contribution in [0.3, 0.4) is 0 Å². The molecule has 0 aliphatic carbocycles. The Labute approximate surface area is 147 Å². The predicted molar refractivity (Wildman–Crippen MR) is 97.6 cm³/mol. The van der Waals surface area contributed by atoms with Crippen LogP contribution in [0.1, 0.15) is 26.3 Å². The third kappa shape index (κ3) is 3.65. The van der Waals surface area contributed by atoms with Crippen LogP contribution in [-0.2, 0) is 16.1 Å². The molecule has 130 valence electrons. The minimum absolute atomic E-state index is 0.0639. The highest BCUT2D eigenvalue weighted by Crippen LogP contribution is 2.37. The number of amides is 2. The van der Waals surface area contributed by atoms with Crippen molar-refractivity contribution in [3.05, 3.63) is 54.1 Å². The first kappa shape index (κ1) is 17.0. The highest BCUT2D eigenvalue weighted by Gasteiger charge is 2.31. The van der Waals surface area contributed by atoms with E-state index in [1.165, 1.54) is 0 Å². The number of nitrogens with one attached hydrogen (secondary N) is 1. The lowest BCUT2D eigenvalue weighted by molar-refractivity contribution is -0.125. The van der Waals surface area contributed by atoms with Gasteiger partial charge in [0, 0.05) is 11.6 Å². The smallest absolute Gasteiger partial charge is 0.268 e. The summed E-state index contributed by atoms with van der Waals surface area (Å²) >= 11 is 0. The van der Waals surface area contributed by atoms with Gasteiger partial charge in [0.05, 0.1) is 12.2 Å². The zero-order valence-electron chi connectivity index (χ0n) is 14.7. The van der Waals surface area contributed by atoms with E-state index in [-0.39, 0.29) is 17.7 Å². The number of rotatable bonds is 4. The molecular weight excluding hydrogens is 316 g/mol. The molecule has 2 aromatic carbocycles. The van der Waals surface area contributed by atoms with Gasteiger partial charge in [0.1, 0.15) is 5.75 Å². The van der Waals surface area contributed by atoms with Crippen molar-refractivity contribution < 1.29 is 14.3 Å². The highest BCUT2D eigenvalue weighted by molar-refractivity contribution is 6.01. The molecule has 0 aromatic heterocycles. The van der Waals surface area contributed by atoms with E-state index in [1.54, 1.807) is 30.0 Å². The van der Waals surface area contributed by atoms with Crippen LogP contribution >= 0.6 is 0 Å². The zero-order chi connectivity index (χ0) is 18.0. The molecule has 1 aliphatic rings. The molecule has 3 rings (SSSR count). The van der Waals surface area contributed by atoms with Gasteiger partial charge < -0.3 is 15.0 Å². The van der Waals surface area contributed by atoms with E-state index in [4.69, 9.17) is 4.74 Å². The Balaban J connectivity index is 1.94. The number of anilines is 2. The molecule has 0 fully saturated rings. The third-order valence-corrected chi connectivity index (χ3v) is 4.14. The summed E-state index contributed by atoms with van der Waals surface area (Å²) in [6.07, 6.45) is -0.535. The molecule has 5 heteroatoms. The monoisotopic (exact) mass is 338 g/mol. The van der Waals surface area contributed by atoms with Crippen molar-refractivity contribution in [2.24, 2.45) is 5.92 Å². The molecule has 5 nitrogen and oxygen atoms in total. The molecule has 1 heterocycles. The summed E-state index contributed by atoms with van der Waals surface area (Å²) in [5, 5.41) is 2.87. The van der Waals surface area contributed by atoms with Crippen molar-refractivity contribution in [3.63, 3.8) is 0 Å². The average Bonchev–Trinajstić information content (AvgIpc) is 2.60. The fourth-order valence-corrected chi connectivity index (χ4v) is 2.70. The second-order valence-corrected chi connectivity index (χ2v) is 6.50. The molecule has 2 amide bonds. The van der Waals surface area contributed by atoms with Gasteiger partial charge in [0.15, 0.2) is 6.10 Å². The first-order valence-electron chi connectivity index (χ1n) is 8.42. The van der Waals surface area contributed by atoms with E-state index in [0.717, 1.165) is 5.56 Å². The van der Waals surface area contributed by atoms with Crippen LogP contribution in [-0.4, -0.2) is 17.9 Å². The van der Waals surface area contributed by atoms with Gasteiger partial charge in [-0.1, -0.05) is 44.2 Å². The first-order valence-corrected chi connectivity index (χ1v) is 8.42. The number of hydrogen-bond donors (Lipinski definition) is 1. The number of benzene rings is 2. The fourth-order valence-electron chi connectivity index (χ4n) is 2.70. The van der Waals surface area contributed by atoms with Crippen molar-refractivity contribution in [3.8, 4) is 5.75 Å². The lowest BCUT2D eigenvalue weighted by Crippen LogP contribution is -2.44. The van der Waals surface area contributed by atoms with Crippen LogP contribution < -0.4 is 15.0 Å². The highest BCUT2D eigenvalue weighted by atomic mass is 16.5. The molecule has 0 spiro atoms. The van der Waals surface area contributed by atoms with E-state index in [9.17, 15) is 9.59 Å². The van der Waals surface area contributed by atoms with Gasteiger partial charge in [-0.05, 0) is 30.7 Å². The number of fused-ring (bicyclic) bond motifs is 1. The lowest BCUT2D eigenvalue weighted by atomic mass is 10.1. The molecule has 1 N–H and O–H groups in total. The minimum atomic E-state index is -0.535. The Hall–Kier alpha value is -2.82. The maximum atomic E-state index is 12.6. The van der Waals surface area contributed by atoms with E-state index < -0.39 is 6.10 Å². The van der Waals surface area contributed by atoms with Crippen LogP contribution in [0.25, 0.3) is 0 Å². The van der Waals surface area contributed by atoms with Crippen LogP contribution in [0, 0.1) is 5.92 Å². The quantitative estimate of drug-likeness (QED) is 0.927. The zero-order valence-corrected chi connectivity index (χ0v) is 14.7. The summed E-state index contributed by atoms with van der Waals surface area (Å²) in [7, 11) is 0. The number of carbonyl (C=O) groups is 2. The number of carbonyl (C=O) groups excluding carboxylic acids is 2. The second-order valence-electron chi connectivity index (χ2n) is 6.50. The van der Waals surface area contributed by atoms with Crippen molar-refractivity contribution in [2.75, 3.05) is 10.2 Å². The van der Waals surface area contributed by atoms with Crippen LogP contribution in [0.15, 0.2) is 48.5 Å². The maximum Gasteiger partial charge on any atom is 0.268 e. The minimum Gasteiger partial charge on any atom is -0.479 e. The van der Waals surface area contributed by atoms with Crippen LogP contribution in [0.5, 0.6) is 5.75 Å². The van der Waals surface area contributed by atoms with E-state index in [0.29, 0.717) is 23.7 Å². The second kappa shape index (κ2) is 6.97. The normalized spacial score (nSPS) is 16.4. The molecular formula is C20H22N2O3. The topological polar surface area (TPSA) is 58.6 Å². The maximum absolute atomic E-state index is 12.6. The molecule has 1 unspecified atom stereocenters. The molecule has 1 atom stereocenters. The molecule has 25 heavy (non-hydrogen) atoms. The van der Waals surface area contributed by atoms with Crippen molar-refractivity contribution in [1.29, 1.82) is 0 Å².